The molecule has 4 heterocycles. The molecule has 5 rings (SSSR count). The number of H-pyrrole nitrogens is 1. The lowest BCUT2D eigenvalue weighted by Crippen LogP contribution is -2.21. The van der Waals surface area contributed by atoms with Gasteiger partial charge in [-0.2, -0.15) is 4.98 Å². The van der Waals surface area contributed by atoms with Crippen molar-refractivity contribution in [3.8, 4) is 0 Å². The molecule has 1 aliphatic carbocycles. The third-order valence-corrected chi connectivity index (χ3v) is 7.74. The minimum Gasteiger partial charge on any atom is -0.369 e. The van der Waals surface area contributed by atoms with Crippen LogP contribution in [0.15, 0.2) is 29.7 Å². The van der Waals surface area contributed by atoms with Crippen LogP contribution in [0.5, 0.6) is 0 Å². The number of anilines is 2. The maximum Gasteiger partial charge on any atom is 0.697 e. The molecule has 3 aromatic rings. The molecule has 0 radical (unpaired) electrons. The normalized spacial score (nSPS) is 25.8. The van der Waals surface area contributed by atoms with Crippen LogP contribution in [-0.4, -0.2) is 70.7 Å². The Morgan fingerprint density at radius 2 is 2.13 bits per heavy atom. The summed E-state index contributed by atoms with van der Waals surface area (Å²) in [5, 5.41) is 3.21. The SMILES string of the molecule is Nc1nc2c(ncn2[C@H]2CC[C@@H](CO[P+](=O)O[C@H]3C[C@H](Nc4ccncn4)C[C@@H]3COP(=O)(O)O)O2)c(=O)[nH]1. The van der Waals surface area contributed by atoms with Crippen molar-refractivity contribution >= 4 is 39.0 Å². The minimum atomic E-state index is -4.69. The number of hydrogen-bond acceptors (Lipinski definition) is 13. The van der Waals surface area contributed by atoms with Gasteiger partial charge in [-0.1, -0.05) is 0 Å². The summed E-state index contributed by atoms with van der Waals surface area (Å²) in [6.45, 7) is -0.304. The van der Waals surface area contributed by atoms with Gasteiger partial charge in [-0.05, 0) is 31.7 Å². The van der Waals surface area contributed by atoms with Gasteiger partial charge in [0.15, 0.2) is 11.2 Å². The minimum absolute atomic E-state index is 0.0204. The van der Waals surface area contributed by atoms with E-state index in [1.165, 1.54) is 12.7 Å². The molecule has 3 aromatic heterocycles. The Morgan fingerprint density at radius 1 is 1.28 bits per heavy atom. The summed E-state index contributed by atoms with van der Waals surface area (Å²) in [5.74, 6) is 0.0865. The summed E-state index contributed by atoms with van der Waals surface area (Å²) >= 11 is 0. The van der Waals surface area contributed by atoms with Crippen molar-refractivity contribution in [1.82, 2.24) is 29.5 Å². The summed E-state index contributed by atoms with van der Waals surface area (Å²) in [6.07, 6.45) is 4.88. The van der Waals surface area contributed by atoms with Crippen molar-refractivity contribution < 1.29 is 37.2 Å². The highest BCUT2D eigenvalue weighted by molar-refractivity contribution is 7.46. The molecule has 0 aromatic carbocycles. The smallest absolute Gasteiger partial charge is 0.369 e. The van der Waals surface area contributed by atoms with Crippen LogP contribution >= 0.6 is 16.1 Å². The zero-order valence-corrected chi connectivity index (χ0v) is 22.2. The Labute approximate surface area is 221 Å². The van der Waals surface area contributed by atoms with Crippen molar-refractivity contribution in [1.29, 1.82) is 0 Å². The van der Waals surface area contributed by atoms with E-state index in [0.717, 1.165) is 0 Å². The first-order valence-corrected chi connectivity index (χ1v) is 14.6. The zero-order valence-electron chi connectivity index (χ0n) is 20.4. The molecule has 39 heavy (non-hydrogen) atoms. The molecular weight excluding hydrogens is 558 g/mol. The van der Waals surface area contributed by atoms with Gasteiger partial charge < -0.3 is 25.6 Å². The van der Waals surface area contributed by atoms with Crippen LogP contribution in [0.4, 0.5) is 11.8 Å². The number of phosphoric ester groups is 1. The second-order valence-electron chi connectivity index (χ2n) is 9.18. The van der Waals surface area contributed by atoms with Crippen LogP contribution in [0.1, 0.15) is 31.9 Å². The zero-order chi connectivity index (χ0) is 27.6. The molecule has 6 N–H and O–H groups in total. The van der Waals surface area contributed by atoms with Gasteiger partial charge >= 0.3 is 16.1 Å². The summed E-state index contributed by atoms with van der Waals surface area (Å²) < 4.78 is 47.3. The highest BCUT2D eigenvalue weighted by Crippen LogP contribution is 2.42. The van der Waals surface area contributed by atoms with E-state index in [2.05, 4.69) is 30.2 Å². The fraction of sp³-hybridized carbons (Fsp3) is 0.550. The Kier molecular flexibility index (Phi) is 8.30. The van der Waals surface area contributed by atoms with Crippen LogP contribution in [0.25, 0.3) is 11.2 Å². The number of nitrogens with one attached hydrogen (secondary N) is 2. The molecule has 210 valence electrons. The number of rotatable bonds is 11. The largest absolute Gasteiger partial charge is 0.697 e. The fourth-order valence-electron chi connectivity index (χ4n) is 4.74. The number of fused-ring (bicyclic) bond motifs is 1. The third-order valence-electron chi connectivity index (χ3n) is 6.45. The van der Waals surface area contributed by atoms with Crippen LogP contribution in [-0.2, 0) is 27.4 Å². The van der Waals surface area contributed by atoms with Crippen molar-refractivity contribution in [2.24, 2.45) is 5.92 Å². The third kappa shape index (κ3) is 7.01. The molecule has 1 saturated carbocycles. The predicted molar refractivity (Wildman–Crippen MR) is 134 cm³/mol. The molecule has 0 bridgehead atoms. The monoisotopic (exact) mass is 585 g/mol. The van der Waals surface area contributed by atoms with Crippen LogP contribution in [0, 0.1) is 5.92 Å². The number of imidazole rings is 1. The van der Waals surface area contributed by atoms with Crippen molar-refractivity contribution in [2.75, 3.05) is 24.3 Å². The molecule has 1 saturated heterocycles. The first-order valence-electron chi connectivity index (χ1n) is 12.0. The second-order valence-corrected chi connectivity index (χ2v) is 11.3. The maximum absolute atomic E-state index is 12.7. The van der Waals surface area contributed by atoms with Gasteiger partial charge in [0.2, 0.25) is 5.95 Å². The summed E-state index contributed by atoms with van der Waals surface area (Å²) in [7, 11) is -7.27. The molecular formula is C20H27N8O9P2+. The Balaban J connectivity index is 1.15. The van der Waals surface area contributed by atoms with Gasteiger partial charge in [0, 0.05) is 22.7 Å². The maximum atomic E-state index is 12.7. The van der Waals surface area contributed by atoms with E-state index in [1.54, 1.807) is 16.8 Å². The summed E-state index contributed by atoms with van der Waals surface area (Å²) in [6, 6.07) is 1.51. The average Bonchev–Trinajstić information content (AvgIpc) is 3.60. The number of nitrogens with zero attached hydrogens (tertiary/aromatic N) is 5. The first-order chi connectivity index (χ1) is 18.6. The van der Waals surface area contributed by atoms with E-state index in [0.29, 0.717) is 37.1 Å². The van der Waals surface area contributed by atoms with Gasteiger partial charge in [0.25, 0.3) is 5.56 Å². The summed E-state index contributed by atoms with van der Waals surface area (Å²) in [5.41, 5.74) is 5.64. The predicted octanol–water partition coefficient (Wildman–Crippen LogP) is 1.23. The Bertz CT molecular complexity index is 1420. The van der Waals surface area contributed by atoms with Gasteiger partial charge in [0.1, 0.15) is 31.1 Å². The highest BCUT2D eigenvalue weighted by atomic mass is 31.2. The topological polar surface area (TPSA) is 239 Å². The first kappa shape index (κ1) is 27.7. The molecule has 6 atom stereocenters. The van der Waals surface area contributed by atoms with Crippen molar-refractivity contribution in [3.05, 3.63) is 35.3 Å². The number of aromatic amines is 1. The lowest BCUT2D eigenvalue weighted by Gasteiger charge is -2.15. The molecule has 0 spiro atoms. The number of nitrogens with two attached hydrogens (primary N) is 1. The molecule has 17 nitrogen and oxygen atoms in total. The number of aromatic nitrogens is 6. The summed E-state index contributed by atoms with van der Waals surface area (Å²) in [4.78, 5) is 48.8. The fourth-order valence-corrected chi connectivity index (χ4v) is 5.95. The molecule has 2 aliphatic rings. The van der Waals surface area contributed by atoms with Gasteiger partial charge in [0.05, 0.1) is 19.0 Å². The second kappa shape index (κ2) is 11.7. The Morgan fingerprint density at radius 3 is 2.90 bits per heavy atom. The number of nitrogen functional groups attached to an aromatic ring is 1. The molecule has 1 unspecified atom stereocenters. The number of hydrogen-bond donors (Lipinski definition) is 5. The van der Waals surface area contributed by atoms with Crippen LogP contribution < -0.4 is 16.6 Å². The quantitative estimate of drug-likeness (QED) is 0.199. The number of phosphoric acid groups is 1. The van der Waals surface area contributed by atoms with Gasteiger partial charge in [-0.15, -0.1) is 9.05 Å². The van der Waals surface area contributed by atoms with E-state index in [4.69, 9.17) is 33.8 Å². The van der Waals surface area contributed by atoms with Gasteiger partial charge in [-0.25, -0.2) is 19.5 Å². The lowest BCUT2D eigenvalue weighted by molar-refractivity contribution is -0.0189. The van der Waals surface area contributed by atoms with E-state index in [9.17, 15) is 13.9 Å². The van der Waals surface area contributed by atoms with E-state index >= 15 is 0 Å². The molecule has 19 heteroatoms. The Hall–Kier alpha value is -2.88. The average molecular weight is 585 g/mol. The number of ether oxygens (including phenoxy) is 1. The van der Waals surface area contributed by atoms with Crippen molar-refractivity contribution in [2.45, 2.75) is 50.2 Å². The van der Waals surface area contributed by atoms with Crippen LogP contribution in [0.2, 0.25) is 0 Å². The van der Waals surface area contributed by atoms with Crippen molar-refractivity contribution in [3.63, 3.8) is 0 Å². The highest BCUT2D eigenvalue weighted by Gasteiger charge is 2.43. The van der Waals surface area contributed by atoms with Gasteiger partial charge in [-0.3, -0.25) is 18.9 Å². The molecule has 1 aliphatic heterocycles. The van der Waals surface area contributed by atoms with E-state index in [1.807, 2.05) is 0 Å². The van der Waals surface area contributed by atoms with Crippen LogP contribution in [0.3, 0.4) is 0 Å². The van der Waals surface area contributed by atoms with E-state index in [-0.39, 0.29) is 30.7 Å². The van der Waals surface area contributed by atoms with E-state index < -0.39 is 46.0 Å². The lowest BCUT2D eigenvalue weighted by atomic mass is 10.1. The molecule has 0 amide bonds. The standard InChI is InChI=1S/C20H26N8O9P2/c21-20-26-18-17(19(29)27-20)24-10-28(18)16-2-1-13(36-16)8-34-38(30)37-14-6-12(25-15-3-4-22-9-23-15)5-11(14)7-35-39(31,32)33/h3-4,9-14,16H,1-2,5-8H2,(H5-,21,22,23,25,26,27,29,31,32,33)/p+1/t11-,12-,13+,14+,16-/m1/s1. The molecule has 2 fully saturated rings.